The Morgan fingerprint density at radius 3 is 2.35 bits per heavy atom. The first-order valence-electron chi connectivity index (χ1n) is 6.20. The molecule has 1 aliphatic rings. The fraction of sp³-hybridized carbons (Fsp3) is 0.375. The minimum Gasteiger partial charge on any atom is -0.148 e. The predicted molar refractivity (Wildman–Crippen MR) is 74.8 cm³/mol. The number of fused-ring (bicyclic) bond motifs is 2. The van der Waals surface area contributed by atoms with Gasteiger partial charge in [-0.3, -0.25) is 0 Å². The minimum absolute atomic E-state index is 0.329. The van der Waals surface area contributed by atoms with Gasteiger partial charge in [-0.2, -0.15) is 0 Å². The molecular weight excluding hydrogens is 224 g/mol. The SMILES string of the molecule is CC(C)(C)C1c2cc(cs2)C1c1ccccc1. The molecule has 2 atom stereocenters. The first kappa shape index (κ1) is 11.0. The first-order chi connectivity index (χ1) is 8.07. The van der Waals surface area contributed by atoms with E-state index >= 15 is 0 Å². The van der Waals surface area contributed by atoms with Crippen molar-refractivity contribution in [2.24, 2.45) is 5.41 Å². The van der Waals surface area contributed by atoms with Crippen LogP contribution < -0.4 is 0 Å². The summed E-state index contributed by atoms with van der Waals surface area (Å²) in [5.74, 6) is 1.22. The van der Waals surface area contributed by atoms with Gasteiger partial charge in [-0.1, -0.05) is 51.1 Å². The molecular formula is C16H18S. The Balaban J connectivity index is 2.08. The van der Waals surface area contributed by atoms with Crippen molar-refractivity contribution in [3.63, 3.8) is 0 Å². The van der Waals surface area contributed by atoms with Gasteiger partial charge in [-0.15, -0.1) is 11.3 Å². The molecule has 2 bridgehead atoms. The molecule has 0 spiro atoms. The van der Waals surface area contributed by atoms with Crippen LogP contribution in [0.1, 0.15) is 48.6 Å². The van der Waals surface area contributed by atoms with Crippen LogP contribution in [-0.2, 0) is 0 Å². The summed E-state index contributed by atoms with van der Waals surface area (Å²) < 4.78 is 0. The summed E-state index contributed by atoms with van der Waals surface area (Å²) in [7, 11) is 0. The quantitative estimate of drug-likeness (QED) is 0.658. The molecule has 0 nitrogen and oxygen atoms in total. The van der Waals surface area contributed by atoms with Gasteiger partial charge in [-0.05, 0) is 28.0 Å². The van der Waals surface area contributed by atoms with Crippen LogP contribution in [-0.4, -0.2) is 0 Å². The Kier molecular flexibility index (Phi) is 2.41. The van der Waals surface area contributed by atoms with Crippen molar-refractivity contribution in [3.8, 4) is 0 Å². The number of rotatable bonds is 1. The number of thiophene rings is 1. The number of hydrogen-bond donors (Lipinski definition) is 0. The van der Waals surface area contributed by atoms with Crippen LogP contribution in [0.4, 0.5) is 0 Å². The fourth-order valence-corrected chi connectivity index (χ4v) is 4.35. The molecule has 0 aliphatic heterocycles. The van der Waals surface area contributed by atoms with Gasteiger partial charge in [0.05, 0.1) is 0 Å². The van der Waals surface area contributed by atoms with Crippen molar-refractivity contribution in [1.29, 1.82) is 0 Å². The van der Waals surface area contributed by atoms with Crippen molar-refractivity contribution in [3.05, 3.63) is 57.8 Å². The molecule has 17 heavy (non-hydrogen) atoms. The summed E-state index contributed by atoms with van der Waals surface area (Å²) in [6.07, 6.45) is 0. The Hall–Kier alpha value is -1.08. The van der Waals surface area contributed by atoms with E-state index < -0.39 is 0 Å². The maximum absolute atomic E-state index is 2.40. The van der Waals surface area contributed by atoms with Crippen LogP contribution in [0.2, 0.25) is 0 Å². The average molecular weight is 242 g/mol. The third-order valence-electron chi connectivity index (χ3n) is 3.73. The molecule has 0 amide bonds. The highest BCUT2D eigenvalue weighted by atomic mass is 32.1. The van der Waals surface area contributed by atoms with Crippen molar-refractivity contribution in [2.75, 3.05) is 0 Å². The van der Waals surface area contributed by atoms with Gasteiger partial charge in [0, 0.05) is 16.7 Å². The van der Waals surface area contributed by atoms with Gasteiger partial charge < -0.3 is 0 Å². The van der Waals surface area contributed by atoms with E-state index in [1.807, 2.05) is 11.3 Å². The van der Waals surface area contributed by atoms with Crippen LogP contribution >= 0.6 is 11.3 Å². The largest absolute Gasteiger partial charge is 0.148 e. The van der Waals surface area contributed by atoms with Crippen LogP contribution in [0.5, 0.6) is 0 Å². The van der Waals surface area contributed by atoms with Crippen molar-refractivity contribution >= 4 is 11.3 Å². The lowest BCUT2D eigenvalue weighted by Crippen LogP contribution is -2.22. The zero-order valence-corrected chi connectivity index (χ0v) is 11.4. The highest BCUT2D eigenvalue weighted by Crippen LogP contribution is 2.55. The third kappa shape index (κ3) is 1.73. The van der Waals surface area contributed by atoms with E-state index in [0.29, 0.717) is 17.3 Å². The zero-order chi connectivity index (χ0) is 12.0. The van der Waals surface area contributed by atoms with E-state index in [1.54, 1.807) is 4.88 Å². The topological polar surface area (TPSA) is 0 Å². The number of benzene rings is 1. The van der Waals surface area contributed by atoms with E-state index in [-0.39, 0.29) is 0 Å². The molecule has 2 aromatic rings. The van der Waals surface area contributed by atoms with Crippen LogP contribution in [0, 0.1) is 5.41 Å². The van der Waals surface area contributed by atoms with Gasteiger partial charge in [0.15, 0.2) is 0 Å². The van der Waals surface area contributed by atoms with Crippen LogP contribution in [0.3, 0.4) is 0 Å². The van der Waals surface area contributed by atoms with Crippen molar-refractivity contribution < 1.29 is 0 Å². The highest BCUT2D eigenvalue weighted by Gasteiger charge is 2.41. The molecule has 1 heterocycles. The number of hydrogen-bond acceptors (Lipinski definition) is 1. The van der Waals surface area contributed by atoms with E-state index in [2.05, 4.69) is 62.5 Å². The van der Waals surface area contributed by atoms with Gasteiger partial charge in [-0.25, -0.2) is 0 Å². The molecule has 0 saturated carbocycles. The highest BCUT2D eigenvalue weighted by molar-refractivity contribution is 7.10. The molecule has 1 aromatic carbocycles. The first-order valence-corrected chi connectivity index (χ1v) is 7.08. The molecule has 0 radical (unpaired) electrons. The second-order valence-corrected chi connectivity index (χ2v) is 6.96. The van der Waals surface area contributed by atoms with Gasteiger partial charge in [0.25, 0.3) is 0 Å². The van der Waals surface area contributed by atoms with Gasteiger partial charge in [0.1, 0.15) is 0 Å². The Morgan fingerprint density at radius 2 is 1.71 bits per heavy atom. The van der Waals surface area contributed by atoms with Crippen molar-refractivity contribution in [2.45, 2.75) is 32.6 Å². The van der Waals surface area contributed by atoms with E-state index in [0.717, 1.165) is 0 Å². The van der Waals surface area contributed by atoms with E-state index in [1.165, 1.54) is 11.1 Å². The lowest BCUT2D eigenvalue weighted by Gasteiger charge is -2.35. The normalized spacial score (nSPS) is 23.0. The summed E-state index contributed by atoms with van der Waals surface area (Å²) in [5, 5.41) is 2.33. The predicted octanol–water partition coefficient (Wildman–Crippen LogP) is 5.02. The smallest absolute Gasteiger partial charge is 0.0179 e. The minimum atomic E-state index is 0.329. The standard InChI is InChI=1S/C16H18S/c1-16(2,3)15-13-9-12(10-17-13)14(15)11-7-5-4-6-8-11/h4-10,14-15H,1-3H3. The molecule has 0 N–H and O–H groups in total. The molecule has 2 unspecified atom stereocenters. The van der Waals surface area contributed by atoms with E-state index in [4.69, 9.17) is 0 Å². The summed E-state index contributed by atoms with van der Waals surface area (Å²) >= 11 is 1.92. The fourth-order valence-electron chi connectivity index (χ4n) is 3.02. The maximum Gasteiger partial charge on any atom is 0.0179 e. The summed E-state index contributed by atoms with van der Waals surface area (Å²) in [6.45, 7) is 7.07. The van der Waals surface area contributed by atoms with Crippen LogP contribution in [0.15, 0.2) is 41.8 Å². The van der Waals surface area contributed by atoms with Gasteiger partial charge in [0.2, 0.25) is 0 Å². The monoisotopic (exact) mass is 242 g/mol. The molecule has 1 aromatic heterocycles. The molecule has 0 saturated heterocycles. The summed E-state index contributed by atoms with van der Waals surface area (Å²) in [6, 6.07) is 13.3. The molecule has 88 valence electrons. The molecule has 3 rings (SSSR count). The second kappa shape index (κ2) is 3.71. The maximum atomic E-state index is 2.40. The average Bonchev–Trinajstić information content (AvgIpc) is 2.88. The Labute approximate surface area is 107 Å². The third-order valence-corrected chi connectivity index (χ3v) is 4.76. The van der Waals surface area contributed by atoms with Gasteiger partial charge >= 0.3 is 0 Å². The Morgan fingerprint density at radius 1 is 1.00 bits per heavy atom. The van der Waals surface area contributed by atoms with E-state index in [9.17, 15) is 0 Å². The van der Waals surface area contributed by atoms with Crippen LogP contribution in [0.25, 0.3) is 0 Å². The second-order valence-electron chi connectivity index (χ2n) is 6.01. The molecule has 1 heteroatoms. The summed E-state index contributed by atoms with van der Waals surface area (Å²) in [4.78, 5) is 1.56. The summed E-state index contributed by atoms with van der Waals surface area (Å²) in [5.41, 5.74) is 3.30. The lowest BCUT2D eigenvalue weighted by molar-refractivity contribution is 0.307. The lowest BCUT2D eigenvalue weighted by atomic mass is 9.71. The van der Waals surface area contributed by atoms with Crippen molar-refractivity contribution in [1.82, 2.24) is 0 Å². The zero-order valence-electron chi connectivity index (χ0n) is 10.6. The molecule has 1 aliphatic carbocycles. The Bertz CT molecular complexity index is 516. The molecule has 0 fully saturated rings.